The molecule has 2 N–H and O–H groups in total. The minimum absolute atomic E-state index is 0.0209. The van der Waals surface area contributed by atoms with Crippen molar-refractivity contribution in [3.05, 3.63) is 0 Å². The van der Waals surface area contributed by atoms with Crippen LogP contribution >= 0.6 is 0 Å². The third kappa shape index (κ3) is 6.21. The molecule has 2 amide bonds. The number of hydrogen-bond donors (Lipinski definition) is 2. The van der Waals surface area contributed by atoms with Gasteiger partial charge < -0.3 is 20.2 Å². The van der Waals surface area contributed by atoms with Crippen molar-refractivity contribution in [3.63, 3.8) is 0 Å². The third-order valence-corrected chi connectivity index (χ3v) is 3.61. The summed E-state index contributed by atoms with van der Waals surface area (Å²) in [5.41, 5.74) is 0. The van der Waals surface area contributed by atoms with Gasteiger partial charge in [-0.05, 0) is 13.6 Å². The number of carbonyl (C=O) groups is 2. The third-order valence-electron chi connectivity index (χ3n) is 3.61. The van der Waals surface area contributed by atoms with E-state index in [2.05, 4.69) is 22.0 Å². The molecule has 0 aromatic rings. The van der Waals surface area contributed by atoms with Gasteiger partial charge in [0.05, 0.1) is 6.42 Å². The lowest BCUT2D eigenvalue weighted by atomic mass is 10.3. The highest BCUT2D eigenvalue weighted by Crippen LogP contribution is 2.02. The number of carbonyl (C=O) groups excluding carboxylic acids is 1. The summed E-state index contributed by atoms with van der Waals surface area (Å²) in [4.78, 5) is 28.5. The summed E-state index contributed by atoms with van der Waals surface area (Å²) in [6, 6.07) is -0.0209. The number of likely N-dealkylation sites (N-methyl/N-ethyl adjacent to an activating group) is 1. The highest BCUT2D eigenvalue weighted by molar-refractivity contribution is 5.74. The fourth-order valence-corrected chi connectivity index (χ4v) is 2.05. The number of rotatable bonds is 7. The van der Waals surface area contributed by atoms with Crippen molar-refractivity contribution in [2.75, 3.05) is 59.4 Å². The van der Waals surface area contributed by atoms with E-state index in [1.54, 1.807) is 4.90 Å². The molecule has 0 atom stereocenters. The van der Waals surface area contributed by atoms with E-state index in [-0.39, 0.29) is 12.5 Å². The molecule has 20 heavy (non-hydrogen) atoms. The molecule has 0 spiro atoms. The lowest BCUT2D eigenvalue weighted by Gasteiger charge is -2.34. The molecular formula is C13H26N4O3. The van der Waals surface area contributed by atoms with Crippen LogP contribution in [0.25, 0.3) is 0 Å². The van der Waals surface area contributed by atoms with E-state index in [4.69, 9.17) is 5.11 Å². The van der Waals surface area contributed by atoms with Crippen molar-refractivity contribution in [2.24, 2.45) is 0 Å². The number of piperazine rings is 1. The van der Waals surface area contributed by atoms with Gasteiger partial charge in [0.15, 0.2) is 0 Å². The fourth-order valence-electron chi connectivity index (χ4n) is 2.05. The molecule has 0 aromatic heterocycles. The number of carboxylic acids is 1. The van der Waals surface area contributed by atoms with E-state index in [1.807, 2.05) is 7.05 Å². The zero-order chi connectivity index (χ0) is 15.0. The number of nitrogens with one attached hydrogen (secondary N) is 1. The predicted octanol–water partition coefficient (Wildman–Crippen LogP) is -0.260. The van der Waals surface area contributed by atoms with Gasteiger partial charge in [0.25, 0.3) is 0 Å². The van der Waals surface area contributed by atoms with Crippen LogP contribution in [0.15, 0.2) is 0 Å². The summed E-state index contributed by atoms with van der Waals surface area (Å²) < 4.78 is 0. The van der Waals surface area contributed by atoms with Gasteiger partial charge in [-0.1, -0.05) is 6.92 Å². The zero-order valence-electron chi connectivity index (χ0n) is 12.5. The highest BCUT2D eigenvalue weighted by Gasteiger charge is 2.20. The molecule has 0 aliphatic carbocycles. The maximum atomic E-state index is 11.9. The molecule has 0 radical (unpaired) electrons. The number of nitrogens with zero attached hydrogens (tertiary/aromatic N) is 3. The SMILES string of the molecule is CCN(C)CCNC(=O)N1CCN(CCC(=O)O)CC1. The second-order valence-corrected chi connectivity index (χ2v) is 5.10. The molecular weight excluding hydrogens is 260 g/mol. The molecule has 0 unspecified atom stereocenters. The monoisotopic (exact) mass is 286 g/mol. The Morgan fingerprint density at radius 1 is 1.25 bits per heavy atom. The number of hydrogen-bond acceptors (Lipinski definition) is 4. The van der Waals surface area contributed by atoms with Crippen LogP contribution in [0.2, 0.25) is 0 Å². The minimum atomic E-state index is -0.773. The van der Waals surface area contributed by atoms with Crippen LogP contribution in [0, 0.1) is 0 Å². The second kappa shape index (κ2) is 8.76. The Morgan fingerprint density at radius 3 is 2.45 bits per heavy atom. The molecule has 1 heterocycles. The predicted molar refractivity (Wildman–Crippen MR) is 76.8 cm³/mol. The lowest BCUT2D eigenvalue weighted by molar-refractivity contribution is -0.137. The van der Waals surface area contributed by atoms with Crippen LogP contribution in [-0.4, -0.2) is 91.2 Å². The molecule has 1 aliphatic rings. The maximum absolute atomic E-state index is 11.9. The van der Waals surface area contributed by atoms with Crippen molar-refractivity contribution in [2.45, 2.75) is 13.3 Å². The van der Waals surface area contributed by atoms with Gasteiger partial charge in [0, 0.05) is 45.8 Å². The molecule has 7 nitrogen and oxygen atoms in total. The van der Waals surface area contributed by atoms with Crippen molar-refractivity contribution in [3.8, 4) is 0 Å². The molecule has 1 saturated heterocycles. The zero-order valence-corrected chi connectivity index (χ0v) is 12.5. The molecule has 0 bridgehead atoms. The first kappa shape index (κ1) is 16.7. The van der Waals surface area contributed by atoms with Gasteiger partial charge in [0.2, 0.25) is 0 Å². The van der Waals surface area contributed by atoms with Crippen molar-refractivity contribution in [1.29, 1.82) is 0 Å². The molecule has 0 aromatic carbocycles. The van der Waals surface area contributed by atoms with Crippen molar-refractivity contribution in [1.82, 2.24) is 20.0 Å². The summed E-state index contributed by atoms with van der Waals surface area (Å²) in [5, 5.41) is 11.6. The lowest BCUT2D eigenvalue weighted by Crippen LogP contribution is -2.52. The first-order chi connectivity index (χ1) is 9.52. The van der Waals surface area contributed by atoms with Crippen LogP contribution in [0.3, 0.4) is 0 Å². The van der Waals surface area contributed by atoms with E-state index < -0.39 is 5.97 Å². The van der Waals surface area contributed by atoms with Crippen LogP contribution in [0.5, 0.6) is 0 Å². The minimum Gasteiger partial charge on any atom is -0.481 e. The van der Waals surface area contributed by atoms with Crippen LogP contribution < -0.4 is 5.32 Å². The Bertz CT molecular complexity index is 317. The maximum Gasteiger partial charge on any atom is 0.317 e. The van der Waals surface area contributed by atoms with Gasteiger partial charge >= 0.3 is 12.0 Å². The van der Waals surface area contributed by atoms with Crippen LogP contribution in [-0.2, 0) is 4.79 Å². The van der Waals surface area contributed by atoms with Crippen molar-refractivity contribution < 1.29 is 14.7 Å². The molecule has 1 aliphatic heterocycles. The Hall–Kier alpha value is -1.34. The summed E-state index contributed by atoms with van der Waals surface area (Å²) in [6.07, 6.45) is 0.162. The Kier molecular flexibility index (Phi) is 7.32. The van der Waals surface area contributed by atoms with Gasteiger partial charge in [-0.25, -0.2) is 4.79 Å². The summed E-state index contributed by atoms with van der Waals surface area (Å²) in [7, 11) is 2.02. The van der Waals surface area contributed by atoms with E-state index in [9.17, 15) is 9.59 Å². The Morgan fingerprint density at radius 2 is 1.90 bits per heavy atom. The summed E-state index contributed by atoms with van der Waals surface area (Å²) in [6.45, 7) is 7.93. The Labute approximate surface area is 120 Å². The first-order valence-corrected chi connectivity index (χ1v) is 7.18. The van der Waals surface area contributed by atoms with Crippen LogP contribution in [0.4, 0.5) is 4.79 Å². The molecule has 7 heteroatoms. The van der Waals surface area contributed by atoms with Crippen molar-refractivity contribution >= 4 is 12.0 Å². The summed E-state index contributed by atoms with van der Waals surface area (Å²) >= 11 is 0. The first-order valence-electron chi connectivity index (χ1n) is 7.18. The van der Waals surface area contributed by atoms with Crippen LogP contribution in [0.1, 0.15) is 13.3 Å². The highest BCUT2D eigenvalue weighted by atomic mass is 16.4. The molecule has 0 saturated carbocycles. The number of amides is 2. The largest absolute Gasteiger partial charge is 0.481 e. The quantitative estimate of drug-likeness (QED) is 0.674. The van der Waals surface area contributed by atoms with Gasteiger partial charge in [-0.2, -0.15) is 0 Å². The van der Waals surface area contributed by atoms with E-state index in [0.29, 0.717) is 26.2 Å². The smallest absolute Gasteiger partial charge is 0.317 e. The van der Waals surface area contributed by atoms with Gasteiger partial charge in [-0.15, -0.1) is 0 Å². The van der Waals surface area contributed by atoms with Gasteiger partial charge in [-0.3, -0.25) is 9.69 Å². The summed E-state index contributed by atoms with van der Waals surface area (Å²) in [5.74, 6) is -0.773. The average Bonchev–Trinajstić information content (AvgIpc) is 2.45. The topological polar surface area (TPSA) is 76.1 Å². The van der Waals surface area contributed by atoms with E-state index in [1.165, 1.54) is 0 Å². The van der Waals surface area contributed by atoms with E-state index in [0.717, 1.165) is 26.2 Å². The molecule has 1 fully saturated rings. The molecule has 1 rings (SSSR count). The van der Waals surface area contributed by atoms with E-state index >= 15 is 0 Å². The standard InChI is InChI=1S/C13H26N4O3/c1-3-15(2)7-5-14-13(20)17-10-8-16(9-11-17)6-4-12(18)19/h3-11H2,1-2H3,(H,14,20)(H,18,19). The number of urea groups is 1. The number of carboxylic acid groups (broad SMARTS) is 1. The number of aliphatic carboxylic acids is 1. The van der Waals surface area contributed by atoms with Gasteiger partial charge in [0.1, 0.15) is 0 Å². The normalized spacial score (nSPS) is 16.4. The average molecular weight is 286 g/mol. The fraction of sp³-hybridized carbons (Fsp3) is 0.846. The Balaban J connectivity index is 2.17. The molecule has 116 valence electrons. The second-order valence-electron chi connectivity index (χ2n) is 5.10.